The minimum atomic E-state index is -0.606. The lowest BCUT2D eigenvalue weighted by Gasteiger charge is -2.33. The van der Waals surface area contributed by atoms with Gasteiger partial charge in [0.15, 0.2) is 11.6 Å². The molecule has 1 N–H and O–H groups in total. The van der Waals surface area contributed by atoms with Gasteiger partial charge in [-0.25, -0.2) is 19.8 Å². The van der Waals surface area contributed by atoms with Crippen LogP contribution in [0.4, 0.5) is 0 Å². The second-order valence-electron chi connectivity index (χ2n) is 10.8. The number of aliphatic imine (C=N–C) groups is 1. The van der Waals surface area contributed by atoms with Crippen LogP contribution in [0, 0.1) is 0 Å². The van der Waals surface area contributed by atoms with Gasteiger partial charge in [0.25, 0.3) is 0 Å². The van der Waals surface area contributed by atoms with Gasteiger partial charge in [0.05, 0.1) is 35.8 Å². The Balaban J connectivity index is 1.35. The molecule has 0 atom stereocenters. The zero-order valence-corrected chi connectivity index (χ0v) is 24.6. The normalized spacial score (nSPS) is 13.4. The fraction of sp³-hybridized carbons (Fsp3) is 0.344. The van der Waals surface area contributed by atoms with Crippen molar-refractivity contribution in [2.24, 2.45) is 4.99 Å². The molecule has 1 aromatic carbocycles. The number of aromatic amines is 1. The number of ether oxygens (including phenoxy) is 1. The van der Waals surface area contributed by atoms with Gasteiger partial charge in [-0.3, -0.25) is 14.5 Å². The van der Waals surface area contributed by atoms with E-state index in [0.29, 0.717) is 43.5 Å². The van der Waals surface area contributed by atoms with E-state index < -0.39 is 11.2 Å². The predicted molar refractivity (Wildman–Crippen MR) is 162 cm³/mol. The Bertz CT molecular complexity index is 1650. The van der Waals surface area contributed by atoms with Gasteiger partial charge in [0.1, 0.15) is 17.9 Å². The third-order valence-electron chi connectivity index (χ3n) is 7.33. The Kier molecular flexibility index (Phi) is 9.19. The molecule has 222 valence electrons. The van der Waals surface area contributed by atoms with Gasteiger partial charge in [0.2, 0.25) is 0 Å². The summed E-state index contributed by atoms with van der Waals surface area (Å²) in [6, 6.07) is 11.6. The van der Waals surface area contributed by atoms with Gasteiger partial charge in [-0.1, -0.05) is 35.5 Å². The number of carbonyl (C=O) groups is 1. The molecular weight excluding hydrogens is 546 g/mol. The molecular formula is C32H35N7O4. The van der Waals surface area contributed by atoms with E-state index in [-0.39, 0.29) is 0 Å². The van der Waals surface area contributed by atoms with Crippen molar-refractivity contribution in [2.45, 2.75) is 58.4 Å². The van der Waals surface area contributed by atoms with E-state index in [1.54, 1.807) is 12.4 Å². The van der Waals surface area contributed by atoms with Crippen LogP contribution in [0.3, 0.4) is 0 Å². The largest absolute Gasteiger partial charge is 0.491 e. The lowest BCUT2D eigenvalue weighted by molar-refractivity contribution is -0.107. The van der Waals surface area contributed by atoms with Crippen LogP contribution in [-0.2, 0) is 16.8 Å². The lowest BCUT2D eigenvalue weighted by Crippen LogP contribution is -2.36. The van der Waals surface area contributed by atoms with Crippen molar-refractivity contribution >= 4 is 12.1 Å². The average molecular weight is 582 g/mol. The van der Waals surface area contributed by atoms with Crippen LogP contribution in [0.1, 0.15) is 57.8 Å². The molecule has 0 saturated heterocycles. The molecule has 3 aromatic heterocycles. The average Bonchev–Trinajstić information content (AvgIpc) is 3.47. The predicted octanol–water partition coefficient (Wildman–Crippen LogP) is 5.12. The first kappa shape index (κ1) is 29.6. The van der Waals surface area contributed by atoms with Crippen LogP contribution in [0.15, 0.2) is 81.1 Å². The summed E-state index contributed by atoms with van der Waals surface area (Å²) in [4.78, 5) is 46.2. The second kappa shape index (κ2) is 13.4. The molecule has 1 aliphatic heterocycles. The Morgan fingerprint density at radius 1 is 1.05 bits per heavy atom. The van der Waals surface area contributed by atoms with Gasteiger partial charge < -0.3 is 14.4 Å². The molecule has 0 spiro atoms. The van der Waals surface area contributed by atoms with E-state index in [1.807, 2.05) is 49.5 Å². The van der Waals surface area contributed by atoms with Crippen molar-refractivity contribution in [2.75, 3.05) is 13.2 Å². The van der Waals surface area contributed by atoms with Crippen LogP contribution >= 0.6 is 0 Å². The molecule has 11 heteroatoms. The fourth-order valence-corrected chi connectivity index (χ4v) is 4.98. The van der Waals surface area contributed by atoms with Crippen molar-refractivity contribution < 1.29 is 14.1 Å². The quantitative estimate of drug-likeness (QED) is 0.168. The number of nitrogens with zero attached hydrogens (tertiary/aromatic N) is 6. The molecule has 0 saturated carbocycles. The van der Waals surface area contributed by atoms with Gasteiger partial charge in [0, 0.05) is 43.3 Å². The summed E-state index contributed by atoms with van der Waals surface area (Å²) in [5, 5.41) is 3.84. The number of benzene rings is 1. The van der Waals surface area contributed by atoms with Crippen molar-refractivity contribution in [3.63, 3.8) is 0 Å². The van der Waals surface area contributed by atoms with E-state index in [0.717, 1.165) is 59.5 Å². The lowest BCUT2D eigenvalue weighted by atomic mass is 9.87. The molecule has 1 aliphatic rings. The molecule has 0 bridgehead atoms. The van der Waals surface area contributed by atoms with E-state index >= 15 is 0 Å². The van der Waals surface area contributed by atoms with Crippen molar-refractivity contribution in [3.05, 3.63) is 88.7 Å². The first-order chi connectivity index (χ1) is 20.9. The number of unbranched alkanes of at least 4 members (excludes halogenated alkanes) is 2. The highest BCUT2D eigenvalue weighted by atomic mass is 16.5. The molecule has 5 rings (SSSR count). The summed E-state index contributed by atoms with van der Waals surface area (Å²) < 4.78 is 10.2. The Hall–Kier alpha value is -4.93. The van der Waals surface area contributed by atoms with E-state index in [4.69, 9.17) is 19.2 Å². The van der Waals surface area contributed by atoms with Gasteiger partial charge in [-0.2, -0.15) is 0 Å². The highest BCUT2D eigenvalue weighted by Gasteiger charge is 2.32. The maximum absolute atomic E-state index is 11.5. The van der Waals surface area contributed by atoms with E-state index in [1.165, 1.54) is 0 Å². The van der Waals surface area contributed by atoms with E-state index in [9.17, 15) is 9.59 Å². The molecule has 0 aliphatic carbocycles. The first-order valence-electron chi connectivity index (χ1n) is 14.4. The number of hydrogen-bond donors (Lipinski definition) is 1. The SMILES string of the molecule is CCOc1cnc(C(C)(C)C2=CCN(Cc3ccc(-c4ccccc4-c4noc(=O)[nH]4)nc3)C(CCCCC=O)=N2)nc1. The Morgan fingerprint density at radius 3 is 2.51 bits per heavy atom. The second-order valence-corrected chi connectivity index (χ2v) is 10.8. The minimum absolute atomic E-state index is 0.358. The van der Waals surface area contributed by atoms with Crippen LogP contribution in [0.2, 0.25) is 0 Å². The van der Waals surface area contributed by atoms with Gasteiger partial charge in [-0.15, -0.1) is 0 Å². The smallest absolute Gasteiger partial charge is 0.439 e. The molecule has 4 heterocycles. The maximum atomic E-state index is 11.5. The number of aromatic nitrogens is 5. The molecule has 0 radical (unpaired) electrons. The number of carbonyl (C=O) groups excluding carboxylic acids is 1. The third-order valence-corrected chi connectivity index (χ3v) is 7.33. The molecule has 4 aromatic rings. The van der Waals surface area contributed by atoms with E-state index in [2.05, 4.69) is 44.9 Å². The maximum Gasteiger partial charge on any atom is 0.439 e. The summed E-state index contributed by atoms with van der Waals surface area (Å²) in [7, 11) is 0. The highest BCUT2D eigenvalue weighted by Crippen LogP contribution is 2.33. The number of H-pyrrole nitrogens is 1. The van der Waals surface area contributed by atoms with Crippen LogP contribution in [0.5, 0.6) is 5.75 Å². The van der Waals surface area contributed by atoms with Crippen LogP contribution in [0.25, 0.3) is 22.6 Å². The van der Waals surface area contributed by atoms with Gasteiger partial charge in [-0.05, 0) is 51.3 Å². The zero-order valence-electron chi connectivity index (χ0n) is 24.6. The molecule has 0 fully saturated rings. The Morgan fingerprint density at radius 2 is 1.84 bits per heavy atom. The summed E-state index contributed by atoms with van der Waals surface area (Å²) in [6.07, 6.45) is 11.3. The van der Waals surface area contributed by atoms with Crippen LogP contribution < -0.4 is 10.5 Å². The minimum Gasteiger partial charge on any atom is -0.491 e. The molecule has 11 nitrogen and oxygen atoms in total. The molecule has 0 amide bonds. The number of pyridine rings is 1. The summed E-state index contributed by atoms with van der Waals surface area (Å²) >= 11 is 0. The number of hydrogen-bond acceptors (Lipinski definition) is 10. The number of nitrogens with one attached hydrogen (secondary N) is 1. The molecule has 43 heavy (non-hydrogen) atoms. The highest BCUT2D eigenvalue weighted by molar-refractivity contribution is 5.84. The van der Waals surface area contributed by atoms with Gasteiger partial charge >= 0.3 is 5.76 Å². The number of allylic oxidation sites excluding steroid dienone is 1. The Labute approximate surface area is 249 Å². The number of rotatable bonds is 13. The first-order valence-corrected chi connectivity index (χ1v) is 14.4. The van der Waals surface area contributed by atoms with Crippen molar-refractivity contribution in [1.82, 2.24) is 30.0 Å². The summed E-state index contributed by atoms with van der Waals surface area (Å²) in [5.41, 5.74) is 3.75. The summed E-state index contributed by atoms with van der Waals surface area (Å²) in [6.45, 7) is 7.94. The van der Waals surface area contributed by atoms with Crippen molar-refractivity contribution in [3.8, 4) is 28.4 Å². The zero-order chi connectivity index (χ0) is 30.2. The number of amidine groups is 1. The topological polar surface area (TPSA) is 139 Å². The van der Waals surface area contributed by atoms with Crippen molar-refractivity contribution in [1.29, 1.82) is 0 Å². The molecule has 0 unspecified atom stereocenters. The standard InChI is InChI=1S/C32H35N7O4/c1-4-42-23-19-34-30(35-20-23)32(2,3)27-15-16-39(28(36-27)12-6-5-9-17-40)21-22-13-14-26(33-18-22)24-10-7-8-11-25(24)29-37-31(41)43-38-29/h7-8,10-11,13-15,17-20H,4-6,9,12,16,21H2,1-3H3,(H,37,38,41). The van der Waals surface area contributed by atoms with Crippen LogP contribution in [-0.4, -0.2) is 55.3 Å². The third kappa shape index (κ3) is 6.94. The summed E-state index contributed by atoms with van der Waals surface area (Å²) in [5.74, 6) is 2.03. The number of aldehydes is 1. The monoisotopic (exact) mass is 581 g/mol. The fourth-order valence-electron chi connectivity index (χ4n) is 4.98.